The van der Waals surface area contributed by atoms with Crippen LogP contribution in [0.25, 0.3) is 0 Å². The fraction of sp³-hybridized carbons (Fsp3) is 0.143. The largest absolute Gasteiger partial charge is 0.478 e. The number of carbonyl (C=O) groups is 1. The van der Waals surface area contributed by atoms with Crippen LogP contribution in [-0.4, -0.2) is 16.1 Å². The Morgan fingerprint density at radius 2 is 2.05 bits per heavy atom. The van der Waals surface area contributed by atoms with Gasteiger partial charge in [-0.15, -0.1) is 0 Å². The SMILES string of the molecule is Cc1cc(C)c(C(=O)O)c(Nc2ccc(F)cc2I)n1. The lowest BCUT2D eigenvalue weighted by Crippen LogP contribution is -2.09. The lowest BCUT2D eigenvalue weighted by Gasteiger charge is -2.13. The number of benzene rings is 1. The zero-order chi connectivity index (χ0) is 14.9. The summed E-state index contributed by atoms with van der Waals surface area (Å²) in [6, 6.07) is 5.95. The molecule has 2 N–H and O–H groups in total. The van der Waals surface area contributed by atoms with Gasteiger partial charge in [-0.25, -0.2) is 14.2 Å². The van der Waals surface area contributed by atoms with Crippen LogP contribution in [0.4, 0.5) is 15.9 Å². The van der Waals surface area contributed by atoms with E-state index in [9.17, 15) is 14.3 Å². The Morgan fingerprint density at radius 1 is 1.35 bits per heavy atom. The predicted molar refractivity (Wildman–Crippen MR) is 83.1 cm³/mol. The van der Waals surface area contributed by atoms with E-state index in [0.717, 1.165) is 0 Å². The van der Waals surface area contributed by atoms with E-state index in [-0.39, 0.29) is 17.2 Å². The highest BCUT2D eigenvalue weighted by atomic mass is 127. The number of aromatic nitrogens is 1. The van der Waals surface area contributed by atoms with E-state index in [0.29, 0.717) is 20.5 Å². The summed E-state index contributed by atoms with van der Waals surface area (Å²) in [4.78, 5) is 15.6. The Bertz CT molecular complexity index is 689. The van der Waals surface area contributed by atoms with Crippen molar-refractivity contribution in [2.24, 2.45) is 0 Å². The molecule has 2 rings (SSSR count). The molecule has 0 saturated carbocycles. The summed E-state index contributed by atoms with van der Waals surface area (Å²) in [7, 11) is 0. The van der Waals surface area contributed by atoms with E-state index in [2.05, 4.69) is 10.3 Å². The van der Waals surface area contributed by atoms with Gasteiger partial charge in [-0.1, -0.05) is 0 Å². The molecule has 0 spiro atoms. The van der Waals surface area contributed by atoms with E-state index < -0.39 is 5.97 Å². The molecule has 0 bridgehead atoms. The molecule has 0 unspecified atom stereocenters. The first-order chi connectivity index (χ1) is 9.38. The summed E-state index contributed by atoms with van der Waals surface area (Å²) in [5.74, 6) is -1.12. The van der Waals surface area contributed by atoms with Crippen molar-refractivity contribution >= 4 is 40.1 Å². The zero-order valence-electron chi connectivity index (χ0n) is 10.9. The minimum absolute atomic E-state index is 0.121. The molecule has 4 nitrogen and oxygen atoms in total. The number of aryl methyl sites for hydroxylation is 2. The van der Waals surface area contributed by atoms with E-state index in [1.807, 2.05) is 22.6 Å². The molecule has 0 aliphatic heterocycles. The Balaban J connectivity index is 2.50. The number of hydrogen-bond acceptors (Lipinski definition) is 3. The van der Waals surface area contributed by atoms with Gasteiger partial charge in [0.05, 0.1) is 5.69 Å². The van der Waals surface area contributed by atoms with Gasteiger partial charge < -0.3 is 10.4 Å². The summed E-state index contributed by atoms with van der Waals surface area (Å²) >= 11 is 1.98. The topological polar surface area (TPSA) is 62.2 Å². The molecule has 0 radical (unpaired) electrons. The Kier molecular flexibility index (Phi) is 4.22. The summed E-state index contributed by atoms with van der Waals surface area (Å²) < 4.78 is 13.7. The van der Waals surface area contributed by atoms with E-state index in [1.54, 1.807) is 26.0 Å². The van der Waals surface area contributed by atoms with Gasteiger partial charge in [0.2, 0.25) is 0 Å². The van der Waals surface area contributed by atoms with Crippen molar-refractivity contribution in [1.29, 1.82) is 0 Å². The number of nitrogens with zero attached hydrogens (tertiary/aromatic N) is 1. The fourth-order valence-electron chi connectivity index (χ4n) is 1.92. The van der Waals surface area contributed by atoms with Crippen LogP contribution in [0.2, 0.25) is 0 Å². The molecule has 2 aromatic rings. The molecule has 0 amide bonds. The Labute approximate surface area is 129 Å². The quantitative estimate of drug-likeness (QED) is 0.786. The fourth-order valence-corrected chi connectivity index (χ4v) is 2.53. The maximum Gasteiger partial charge on any atom is 0.339 e. The molecule has 0 saturated heterocycles. The highest BCUT2D eigenvalue weighted by molar-refractivity contribution is 14.1. The molecular weight excluding hydrogens is 374 g/mol. The second kappa shape index (κ2) is 5.74. The van der Waals surface area contributed by atoms with Crippen molar-refractivity contribution in [2.45, 2.75) is 13.8 Å². The van der Waals surface area contributed by atoms with Crippen LogP contribution in [0.1, 0.15) is 21.6 Å². The van der Waals surface area contributed by atoms with Gasteiger partial charge >= 0.3 is 5.97 Å². The summed E-state index contributed by atoms with van der Waals surface area (Å²) in [5.41, 5.74) is 2.08. The van der Waals surface area contributed by atoms with Crippen LogP contribution < -0.4 is 5.32 Å². The molecule has 0 atom stereocenters. The minimum Gasteiger partial charge on any atom is -0.478 e. The monoisotopic (exact) mass is 386 g/mol. The highest BCUT2D eigenvalue weighted by Crippen LogP contribution is 2.26. The predicted octanol–water partition coefficient (Wildman–Crippen LogP) is 3.88. The highest BCUT2D eigenvalue weighted by Gasteiger charge is 2.16. The second-order valence-corrected chi connectivity index (χ2v) is 5.52. The third-order valence-electron chi connectivity index (χ3n) is 2.74. The van der Waals surface area contributed by atoms with Crippen LogP contribution in [0.15, 0.2) is 24.3 Å². The normalized spacial score (nSPS) is 10.4. The summed E-state index contributed by atoms with van der Waals surface area (Å²) in [6.45, 7) is 3.51. The second-order valence-electron chi connectivity index (χ2n) is 4.36. The van der Waals surface area contributed by atoms with Crippen LogP contribution in [0.3, 0.4) is 0 Å². The molecule has 1 aromatic heterocycles. The summed E-state index contributed by atoms with van der Waals surface area (Å²) in [5, 5.41) is 12.3. The lowest BCUT2D eigenvalue weighted by molar-refractivity contribution is 0.0697. The van der Waals surface area contributed by atoms with Crippen molar-refractivity contribution in [2.75, 3.05) is 5.32 Å². The van der Waals surface area contributed by atoms with E-state index in [1.165, 1.54) is 12.1 Å². The maximum absolute atomic E-state index is 13.1. The van der Waals surface area contributed by atoms with Gasteiger partial charge in [0.1, 0.15) is 17.2 Å². The van der Waals surface area contributed by atoms with Crippen molar-refractivity contribution in [3.8, 4) is 0 Å². The first-order valence-corrected chi connectivity index (χ1v) is 6.90. The average Bonchev–Trinajstić information content (AvgIpc) is 2.31. The Morgan fingerprint density at radius 3 is 2.65 bits per heavy atom. The van der Waals surface area contributed by atoms with Gasteiger partial charge in [0, 0.05) is 9.26 Å². The van der Waals surface area contributed by atoms with Crippen LogP contribution in [0, 0.1) is 23.2 Å². The van der Waals surface area contributed by atoms with Gasteiger partial charge in [-0.05, 0) is 66.3 Å². The molecule has 0 fully saturated rings. The number of rotatable bonds is 3. The number of nitrogens with one attached hydrogen (secondary N) is 1. The zero-order valence-corrected chi connectivity index (χ0v) is 13.0. The average molecular weight is 386 g/mol. The first-order valence-electron chi connectivity index (χ1n) is 5.82. The molecular formula is C14H12FIN2O2. The van der Waals surface area contributed by atoms with Crippen molar-refractivity contribution < 1.29 is 14.3 Å². The number of hydrogen-bond donors (Lipinski definition) is 2. The third-order valence-corrected chi connectivity index (χ3v) is 3.64. The molecule has 104 valence electrons. The van der Waals surface area contributed by atoms with E-state index >= 15 is 0 Å². The maximum atomic E-state index is 13.1. The minimum atomic E-state index is -1.05. The number of anilines is 2. The molecule has 0 aliphatic carbocycles. The first kappa shape index (κ1) is 14.7. The number of pyridine rings is 1. The lowest BCUT2D eigenvalue weighted by atomic mass is 10.1. The standard InChI is InChI=1S/C14H12FIN2O2/c1-7-5-8(2)17-13(12(7)14(19)20)18-11-4-3-9(15)6-10(11)16/h3-6H,1-2H3,(H,17,18)(H,19,20). The van der Waals surface area contributed by atoms with Crippen LogP contribution in [0.5, 0.6) is 0 Å². The molecule has 1 heterocycles. The number of carboxylic acids is 1. The van der Waals surface area contributed by atoms with Crippen LogP contribution >= 0.6 is 22.6 Å². The molecule has 6 heteroatoms. The van der Waals surface area contributed by atoms with Gasteiger partial charge in [0.25, 0.3) is 0 Å². The molecule has 1 aromatic carbocycles. The van der Waals surface area contributed by atoms with Gasteiger partial charge in [-0.2, -0.15) is 0 Å². The van der Waals surface area contributed by atoms with Crippen molar-refractivity contribution in [3.63, 3.8) is 0 Å². The van der Waals surface area contributed by atoms with E-state index in [4.69, 9.17) is 0 Å². The Hall–Kier alpha value is -1.70. The van der Waals surface area contributed by atoms with Crippen molar-refractivity contribution in [1.82, 2.24) is 4.98 Å². The van der Waals surface area contributed by atoms with Crippen molar-refractivity contribution in [3.05, 3.63) is 50.5 Å². The number of aromatic carboxylic acids is 1. The smallest absolute Gasteiger partial charge is 0.339 e. The van der Waals surface area contributed by atoms with Gasteiger partial charge in [-0.3, -0.25) is 0 Å². The van der Waals surface area contributed by atoms with Gasteiger partial charge in [0.15, 0.2) is 0 Å². The third kappa shape index (κ3) is 3.06. The number of halogens is 2. The van der Waals surface area contributed by atoms with Crippen LogP contribution in [-0.2, 0) is 0 Å². The summed E-state index contributed by atoms with van der Waals surface area (Å²) in [6.07, 6.45) is 0. The molecule has 0 aliphatic rings. The number of carboxylic acid groups (broad SMARTS) is 1. The molecule has 20 heavy (non-hydrogen) atoms.